The van der Waals surface area contributed by atoms with Crippen molar-refractivity contribution in [1.29, 1.82) is 0 Å². The lowest BCUT2D eigenvalue weighted by Gasteiger charge is -2.25. The molecule has 156 valence electrons. The van der Waals surface area contributed by atoms with Crippen LogP contribution >= 0.6 is 0 Å². The summed E-state index contributed by atoms with van der Waals surface area (Å²) in [7, 11) is 0. The maximum atomic E-state index is 11.7. The molecule has 0 rings (SSSR count). The van der Waals surface area contributed by atoms with E-state index >= 15 is 0 Å². The second kappa shape index (κ2) is 9.71. The first-order valence-electron chi connectivity index (χ1n) is 8.99. The van der Waals surface area contributed by atoms with Crippen molar-refractivity contribution < 1.29 is 38.9 Å². The van der Waals surface area contributed by atoms with E-state index in [1.807, 2.05) is 0 Å². The third-order valence-corrected chi connectivity index (χ3v) is 3.63. The van der Waals surface area contributed by atoms with Crippen LogP contribution in [0.3, 0.4) is 0 Å². The fourth-order valence-corrected chi connectivity index (χ4v) is 2.50. The Morgan fingerprint density at radius 1 is 0.667 bits per heavy atom. The summed E-state index contributed by atoms with van der Waals surface area (Å²) in [5.41, 5.74) is -3.38. The monoisotopic (exact) mass is 388 g/mol. The standard InChI is InChI=1S/C19H32O8/c1-17(2,3)26-13(20)9-7-11-19(15(22)23,16(24)25)12-8-10-14(21)27-18(4,5)6/h7-12H2,1-6H3,(H,22,23)(H,24,25). The SMILES string of the molecule is CC(C)(C)OC(=O)CCCC(CCCC(=O)OC(C)(C)C)(C(=O)O)C(=O)O. The Balaban J connectivity index is 4.84. The van der Waals surface area contributed by atoms with E-state index < -0.39 is 40.5 Å². The minimum atomic E-state index is -2.05. The average molecular weight is 388 g/mol. The molecule has 0 saturated carbocycles. The molecule has 0 saturated heterocycles. The van der Waals surface area contributed by atoms with Crippen LogP contribution in [0.15, 0.2) is 0 Å². The van der Waals surface area contributed by atoms with E-state index in [0.717, 1.165) is 0 Å². The van der Waals surface area contributed by atoms with Crippen LogP contribution in [-0.2, 0) is 28.7 Å². The van der Waals surface area contributed by atoms with Crippen molar-refractivity contribution in [1.82, 2.24) is 0 Å². The molecule has 8 heteroatoms. The zero-order valence-corrected chi connectivity index (χ0v) is 17.1. The molecule has 0 unspecified atom stereocenters. The van der Waals surface area contributed by atoms with Gasteiger partial charge in [-0.2, -0.15) is 0 Å². The van der Waals surface area contributed by atoms with E-state index in [2.05, 4.69) is 0 Å². The van der Waals surface area contributed by atoms with E-state index in [9.17, 15) is 29.4 Å². The second-order valence-electron chi connectivity index (χ2n) is 8.57. The van der Waals surface area contributed by atoms with E-state index in [1.165, 1.54) is 0 Å². The third kappa shape index (κ3) is 9.96. The van der Waals surface area contributed by atoms with E-state index in [-0.39, 0.29) is 38.5 Å². The molecular weight excluding hydrogens is 356 g/mol. The molecule has 0 aliphatic rings. The van der Waals surface area contributed by atoms with Gasteiger partial charge in [0.15, 0.2) is 5.41 Å². The summed E-state index contributed by atoms with van der Waals surface area (Å²) in [5.74, 6) is -3.99. The number of esters is 2. The summed E-state index contributed by atoms with van der Waals surface area (Å²) in [6, 6.07) is 0. The molecular formula is C19H32O8. The Morgan fingerprint density at radius 2 is 0.963 bits per heavy atom. The van der Waals surface area contributed by atoms with Crippen molar-refractivity contribution in [2.45, 2.75) is 91.3 Å². The van der Waals surface area contributed by atoms with Gasteiger partial charge in [0.1, 0.15) is 11.2 Å². The van der Waals surface area contributed by atoms with E-state index in [0.29, 0.717) is 0 Å². The van der Waals surface area contributed by atoms with Crippen molar-refractivity contribution in [3.8, 4) is 0 Å². The molecule has 0 amide bonds. The van der Waals surface area contributed by atoms with Crippen molar-refractivity contribution in [3.05, 3.63) is 0 Å². The smallest absolute Gasteiger partial charge is 0.321 e. The van der Waals surface area contributed by atoms with Gasteiger partial charge in [0.2, 0.25) is 0 Å². The van der Waals surface area contributed by atoms with Crippen LogP contribution in [0.2, 0.25) is 0 Å². The molecule has 0 bridgehead atoms. The van der Waals surface area contributed by atoms with Gasteiger partial charge in [-0.15, -0.1) is 0 Å². The number of hydrogen-bond acceptors (Lipinski definition) is 6. The lowest BCUT2D eigenvalue weighted by Crippen LogP contribution is -2.39. The normalized spacial score (nSPS) is 12.4. The highest BCUT2D eigenvalue weighted by atomic mass is 16.6. The fraction of sp³-hybridized carbons (Fsp3) is 0.789. The molecule has 27 heavy (non-hydrogen) atoms. The Kier molecular flexibility index (Phi) is 8.95. The first kappa shape index (κ1) is 24.9. The number of carbonyl (C=O) groups excluding carboxylic acids is 2. The van der Waals surface area contributed by atoms with Crippen LogP contribution in [0, 0.1) is 5.41 Å². The van der Waals surface area contributed by atoms with Crippen molar-refractivity contribution >= 4 is 23.9 Å². The van der Waals surface area contributed by atoms with Crippen LogP contribution in [-0.4, -0.2) is 45.3 Å². The highest BCUT2D eigenvalue weighted by molar-refractivity contribution is 5.98. The summed E-state index contributed by atoms with van der Waals surface area (Å²) in [4.78, 5) is 46.8. The maximum absolute atomic E-state index is 11.7. The highest BCUT2D eigenvalue weighted by Gasteiger charge is 2.45. The molecule has 2 N–H and O–H groups in total. The second-order valence-corrected chi connectivity index (χ2v) is 8.57. The predicted molar refractivity (Wildman–Crippen MR) is 97.1 cm³/mol. The topological polar surface area (TPSA) is 127 Å². The molecule has 0 aliphatic heterocycles. The zero-order chi connectivity index (χ0) is 21.5. The summed E-state index contributed by atoms with van der Waals surface area (Å²) in [5, 5.41) is 19.0. The summed E-state index contributed by atoms with van der Waals surface area (Å²) < 4.78 is 10.3. The quantitative estimate of drug-likeness (QED) is 0.431. The van der Waals surface area contributed by atoms with Crippen LogP contribution in [0.1, 0.15) is 80.1 Å². The number of carboxylic acids is 2. The van der Waals surface area contributed by atoms with E-state index in [1.54, 1.807) is 41.5 Å². The fourth-order valence-electron chi connectivity index (χ4n) is 2.50. The predicted octanol–water partition coefficient (Wildman–Crippen LogP) is 3.17. The summed E-state index contributed by atoms with van der Waals surface area (Å²) >= 11 is 0. The van der Waals surface area contributed by atoms with E-state index in [4.69, 9.17) is 9.47 Å². The average Bonchev–Trinajstić information content (AvgIpc) is 2.40. The number of carboxylic acid groups (broad SMARTS) is 2. The molecule has 0 heterocycles. The van der Waals surface area contributed by atoms with Crippen molar-refractivity contribution in [2.75, 3.05) is 0 Å². The molecule has 0 aliphatic carbocycles. The van der Waals surface area contributed by atoms with Crippen molar-refractivity contribution in [2.24, 2.45) is 5.41 Å². The molecule has 0 fully saturated rings. The van der Waals surface area contributed by atoms with Gasteiger partial charge in [-0.25, -0.2) is 0 Å². The Bertz CT molecular complexity index is 501. The van der Waals surface area contributed by atoms with Gasteiger partial charge in [-0.3, -0.25) is 19.2 Å². The van der Waals surface area contributed by atoms with Gasteiger partial charge in [0.25, 0.3) is 0 Å². The van der Waals surface area contributed by atoms with Crippen LogP contribution in [0.4, 0.5) is 0 Å². The number of ether oxygens (including phenoxy) is 2. The number of hydrogen-bond donors (Lipinski definition) is 2. The summed E-state index contributed by atoms with van der Waals surface area (Å²) in [6.07, 6.45) is -0.506. The maximum Gasteiger partial charge on any atom is 0.321 e. The highest BCUT2D eigenvalue weighted by Crippen LogP contribution is 2.32. The first-order chi connectivity index (χ1) is 12.1. The van der Waals surface area contributed by atoms with Crippen LogP contribution in [0.5, 0.6) is 0 Å². The summed E-state index contributed by atoms with van der Waals surface area (Å²) in [6.45, 7) is 10.3. The van der Waals surface area contributed by atoms with Crippen LogP contribution < -0.4 is 0 Å². The van der Waals surface area contributed by atoms with Gasteiger partial charge < -0.3 is 19.7 Å². The molecule has 0 aromatic carbocycles. The van der Waals surface area contributed by atoms with Crippen LogP contribution in [0.25, 0.3) is 0 Å². The Labute approximate surface area is 160 Å². The van der Waals surface area contributed by atoms with Gasteiger partial charge in [0.05, 0.1) is 0 Å². The first-order valence-corrected chi connectivity index (χ1v) is 8.99. The third-order valence-electron chi connectivity index (χ3n) is 3.63. The lowest BCUT2D eigenvalue weighted by atomic mass is 9.78. The number of rotatable bonds is 10. The Morgan fingerprint density at radius 3 is 1.19 bits per heavy atom. The molecule has 0 spiro atoms. The van der Waals surface area contributed by atoms with Crippen molar-refractivity contribution in [3.63, 3.8) is 0 Å². The largest absolute Gasteiger partial charge is 0.480 e. The molecule has 0 atom stereocenters. The number of carbonyl (C=O) groups is 4. The molecule has 0 aromatic rings. The van der Waals surface area contributed by atoms with Gasteiger partial charge in [-0.05, 0) is 67.2 Å². The van der Waals surface area contributed by atoms with Gasteiger partial charge in [-0.1, -0.05) is 0 Å². The molecule has 8 nitrogen and oxygen atoms in total. The molecule has 0 aromatic heterocycles. The lowest BCUT2D eigenvalue weighted by molar-refractivity contribution is -0.168. The minimum absolute atomic E-state index is 0.0555. The minimum Gasteiger partial charge on any atom is -0.480 e. The van der Waals surface area contributed by atoms with Gasteiger partial charge in [0, 0.05) is 12.8 Å². The number of aliphatic carboxylic acids is 2. The zero-order valence-electron chi connectivity index (χ0n) is 17.1. The molecule has 0 radical (unpaired) electrons. The Hall–Kier alpha value is -2.12. The van der Waals surface area contributed by atoms with Gasteiger partial charge >= 0.3 is 23.9 Å².